The smallest absolute Gasteiger partial charge is 0.403 e. The van der Waals surface area contributed by atoms with Crippen molar-refractivity contribution in [1.82, 2.24) is 0 Å². The third kappa shape index (κ3) is 2.24. The number of fused-ring (bicyclic) bond motifs is 2. The number of para-hydroxylation sites is 1. The second kappa shape index (κ2) is 5.95. The first kappa shape index (κ1) is 19.8. The lowest BCUT2D eigenvalue weighted by molar-refractivity contribution is -0.295. The Morgan fingerprint density at radius 1 is 1.00 bits per heavy atom. The van der Waals surface area contributed by atoms with Gasteiger partial charge in [0, 0.05) is 36.5 Å². The molecule has 2 bridgehead atoms. The molecular weight excluding hydrogens is 395 g/mol. The van der Waals surface area contributed by atoms with Gasteiger partial charge in [0.15, 0.2) is 13.9 Å². The van der Waals surface area contributed by atoms with Gasteiger partial charge < -0.3 is 9.53 Å². The van der Waals surface area contributed by atoms with Crippen molar-refractivity contribution < 1.29 is 22.7 Å². The summed E-state index contributed by atoms with van der Waals surface area (Å²) in [5.74, 6) is 0.360. The van der Waals surface area contributed by atoms with Crippen LogP contribution >= 0.6 is 0 Å². The number of aliphatic imine (C=N–C) groups is 1. The van der Waals surface area contributed by atoms with Crippen molar-refractivity contribution in [2.45, 2.75) is 37.8 Å². The summed E-state index contributed by atoms with van der Waals surface area (Å²) >= 11 is 0. The fraction of sp³-hybridized carbons (Fsp3) is 0.682. The molecule has 7 heteroatoms. The van der Waals surface area contributed by atoms with Crippen LogP contribution in [0.5, 0.6) is 0 Å². The molecule has 9 atom stereocenters. The van der Waals surface area contributed by atoms with Crippen LogP contribution in [0.3, 0.4) is 0 Å². The Morgan fingerprint density at radius 2 is 1.66 bits per heavy atom. The van der Waals surface area contributed by atoms with E-state index in [9.17, 15) is 13.2 Å². The molecular formula is C22H28F3NO2Si. The first-order valence-corrected chi connectivity index (χ1v) is 13.9. The highest BCUT2D eigenvalue weighted by Gasteiger charge is 2.92. The Hall–Kier alpha value is -1.18. The third-order valence-electron chi connectivity index (χ3n) is 8.11. The summed E-state index contributed by atoms with van der Waals surface area (Å²) in [6.45, 7) is 5.69. The summed E-state index contributed by atoms with van der Waals surface area (Å²) in [4.78, 5) is 4.93. The molecule has 5 aliphatic carbocycles. The minimum atomic E-state index is -4.30. The summed E-state index contributed by atoms with van der Waals surface area (Å²) in [6, 6.07) is 9.74. The second-order valence-electron chi connectivity index (χ2n) is 10.2. The standard InChI is InChI=1S/C21H24F3NOSi.CH4O/c1-27(2,3)26-20(21(22,23)24)17-12-9-11-13-14(12)18(20)16(13)19(15(11)17)25-10-7-5-4-6-8-10;1-2/h4-8,11-18H,9H2,1-3H3;2H,1H3/t11-,12+,13-,14+,15+,16-,17-,18+,20+;/m0./s1. The Balaban J connectivity index is 0.000000882. The summed E-state index contributed by atoms with van der Waals surface area (Å²) in [5.41, 5.74) is 0.0323. The molecule has 5 aliphatic rings. The van der Waals surface area contributed by atoms with Crippen molar-refractivity contribution in [2.75, 3.05) is 7.11 Å². The molecule has 0 radical (unpaired) electrons. The topological polar surface area (TPSA) is 41.8 Å². The van der Waals surface area contributed by atoms with Crippen LogP contribution in [0, 0.1) is 47.3 Å². The van der Waals surface area contributed by atoms with Crippen molar-refractivity contribution in [3.05, 3.63) is 30.3 Å². The zero-order valence-electron chi connectivity index (χ0n) is 17.1. The van der Waals surface area contributed by atoms with Gasteiger partial charge in [-0.2, -0.15) is 13.2 Å². The Labute approximate surface area is 170 Å². The van der Waals surface area contributed by atoms with Crippen LogP contribution in [0.4, 0.5) is 18.9 Å². The second-order valence-corrected chi connectivity index (χ2v) is 14.6. The molecule has 3 nitrogen and oxygen atoms in total. The molecule has 6 rings (SSSR count). The van der Waals surface area contributed by atoms with E-state index in [0.717, 1.165) is 24.9 Å². The highest BCUT2D eigenvalue weighted by Crippen LogP contribution is 2.86. The van der Waals surface area contributed by atoms with Gasteiger partial charge in [-0.25, -0.2) is 0 Å². The molecule has 0 aliphatic heterocycles. The van der Waals surface area contributed by atoms with Gasteiger partial charge in [-0.15, -0.1) is 0 Å². The van der Waals surface area contributed by atoms with E-state index < -0.39 is 31.9 Å². The van der Waals surface area contributed by atoms with Crippen LogP contribution in [-0.2, 0) is 4.43 Å². The molecule has 1 aromatic rings. The highest BCUT2D eigenvalue weighted by atomic mass is 28.4. The number of halogens is 3. The van der Waals surface area contributed by atoms with Gasteiger partial charge in [0.2, 0.25) is 0 Å². The maximum absolute atomic E-state index is 14.7. The lowest BCUT2D eigenvalue weighted by atomic mass is 9.55. The van der Waals surface area contributed by atoms with Crippen LogP contribution in [0.2, 0.25) is 19.6 Å². The number of hydrogen-bond donors (Lipinski definition) is 1. The maximum atomic E-state index is 14.7. The van der Waals surface area contributed by atoms with Gasteiger partial charge in [0.25, 0.3) is 0 Å². The van der Waals surface area contributed by atoms with Gasteiger partial charge in [0.1, 0.15) is 0 Å². The van der Waals surface area contributed by atoms with E-state index in [0.29, 0.717) is 11.8 Å². The van der Waals surface area contributed by atoms with E-state index >= 15 is 0 Å². The summed E-state index contributed by atoms with van der Waals surface area (Å²) in [7, 11) is -1.36. The Bertz CT molecular complexity index is 852. The first-order valence-electron chi connectivity index (χ1n) is 10.5. The SMILES string of the molecule is CO.C[Si](C)(C)O[C@]1(C(F)(F)F)[C@H]2[C@@H]3C[C@@H]4[C@H]2C(=Nc2ccccc2)[C@H]2[C@@H]4[C@@H]3[C@H]21. The largest absolute Gasteiger partial charge is 0.416 e. The average molecular weight is 424 g/mol. The summed E-state index contributed by atoms with van der Waals surface area (Å²) in [5, 5.41) is 7.00. The summed E-state index contributed by atoms with van der Waals surface area (Å²) in [6.07, 6.45) is -3.34. The number of hydrogen-bond acceptors (Lipinski definition) is 3. The normalized spacial score (nSPS) is 46.8. The van der Waals surface area contributed by atoms with Gasteiger partial charge in [0.05, 0.1) is 5.69 Å². The molecule has 0 spiro atoms. The molecule has 0 saturated heterocycles. The van der Waals surface area contributed by atoms with Crippen LogP contribution in [0.1, 0.15) is 6.42 Å². The molecule has 29 heavy (non-hydrogen) atoms. The van der Waals surface area contributed by atoms with Crippen molar-refractivity contribution in [3.63, 3.8) is 0 Å². The first-order chi connectivity index (χ1) is 13.7. The molecule has 1 aromatic carbocycles. The highest BCUT2D eigenvalue weighted by molar-refractivity contribution is 6.69. The fourth-order valence-corrected chi connectivity index (χ4v) is 9.50. The van der Waals surface area contributed by atoms with E-state index in [1.807, 2.05) is 50.0 Å². The molecule has 5 saturated carbocycles. The average Bonchev–Trinajstić information content (AvgIpc) is 3.15. The van der Waals surface area contributed by atoms with Crippen molar-refractivity contribution >= 4 is 19.7 Å². The Morgan fingerprint density at radius 3 is 2.24 bits per heavy atom. The number of alkyl halides is 3. The van der Waals surface area contributed by atoms with Gasteiger partial charge >= 0.3 is 6.18 Å². The van der Waals surface area contributed by atoms with E-state index in [4.69, 9.17) is 14.5 Å². The van der Waals surface area contributed by atoms with Crippen LogP contribution in [0.25, 0.3) is 0 Å². The van der Waals surface area contributed by atoms with Crippen LogP contribution < -0.4 is 0 Å². The van der Waals surface area contributed by atoms with Gasteiger partial charge in [-0.3, -0.25) is 4.99 Å². The monoisotopic (exact) mass is 423 g/mol. The fourth-order valence-electron chi connectivity index (χ4n) is 8.09. The van der Waals surface area contributed by atoms with E-state index in [-0.39, 0.29) is 23.7 Å². The number of benzene rings is 1. The molecule has 0 amide bonds. The number of nitrogens with zero attached hydrogens (tertiary/aromatic N) is 1. The quantitative estimate of drug-likeness (QED) is 0.702. The molecule has 5 fully saturated rings. The van der Waals surface area contributed by atoms with Crippen molar-refractivity contribution in [2.24, 2.45) is 52.3 Å². The van der Waals surface area contributed by atoms with Gasteiger partial charge in [-0.1, -0.05) is 18.2 Å². The van der Waals surface area contributed by atoms with Crippen molar-refractivity contribution in [1.29, 1.82) is 0 Å². The minimum Gasteiger partial charge on any atom is -0.403 e. The summed E-state index contributed by atoms with van der Waals surface area (Å²) < 4.78 is 50.1. The minimum absolute atomic E-state index is 0.0214. The van der Waals surface area contributed by atoms with Gasteiger partial charge in [-0.05, 0) is 61.9 Å². The zero-order chi connectivity index (χ0) is 20.9. The van der Waals surface area contributed by atoms with E-state index in [1.165, 1.54) is 0 Å². The van der Waals surface area contributed by atoms with Crippen LogP contribution in [0.15, 0.2) is 35.3 Å². The predicted octanol–water partition coefficient (Wildman–Crippen LogP) is 4.91. The molecule has 1 N–H and O–H groups in total. The lowest BCUT2D eigenvalue weighted by Crippen LogP contribution is -2.67. The molecule has 0 unspecified atom stereocenters. The maximum Gasteiger partial charge on any atom is 0.416 e. The zero-order valence-corrected chi connectivity index (χ0v) is 18.1. The number of rotatable bonds is 3. The molecule has 0 heterocycles. The Kier molecular flexibility index (Phi) is 4.05. The molecule has 0 aromatic heterocycles. The van der Waals surface area contributed by atoms with Crippen LogP contribution in [-0.4, -0.2) is 38.0 Å². The predicted molar refractivity (Wildman–Crippen MR) is 107 cm³/mol. The van der Waals surface area contributed by atoms with Crippen molar-refractivity contribution in [3.8, 4) is 0 Å². The lowest BCUT2D eigenvalue weighted by Gasteiger charge is -2.55. The number of aliphatic hydroxyl groups excluding tert-OH is 1. The third-order valence-corrected chi connectivity index (χ3v) is 9.06. The van der Waals surface area contributed by atoms with E-state index in [2.05, 4.69) is 0 Å². The number of aliphatic hydroxyl groups is 1. The van der Waals surface area contributed by atoms with E-state index in [1.54, 1.807) is 0 Å². The molecule has 158 valence electrons.